The summed E-state index contributed by atoms with van der Waals surface area (Å²) in [6, 6.07) is 5.43. The lowest BCUT2D eigenvalue weighted by Crippen LogP contribution is -2.07. The van der Waals surface area contributed by atoms with Crippen molar-refractivity contribution in [2.75, 3.05) is 5.73 Å². The zero-order chi connectivity index (χ0) is 13.8. The molecule has 19 heavy (non-hydrogen) atoms. The lowest BCUT2D eigenvalue weighted by Gasteiger charge is -2.11. The quantitative estimate of drug-likeness (QED) is 0.855. The Bertz CT molecular complexity index is 570. The average molecular weight is 259 g/mol. The first-order valence-electron chi connectivity index (χ1n) is 6.07. The van der Waals surface area contributed by atoms with Crippen LogP contribution in [-0.4, -0.2) is 16.1 Å². The van der Waals surface area contributed by atoms with Crippen molar-refractivity contribution in [3.63, 3.8) is 0 Å². The van der Waals surface area contributed by atoms with Gasteiger partial charge in [-0.3, -0.25) is 4.98 Å². The average Bonchev–Trinajstić information content (AvgIpc) is 2.32. The summed E-state index contributed by atoms with van der Waals surface area (Å²) in [5.74, 6) is 1.54. The molecule has 0 saturated heterocycles. The third kappa shape index (κ3) is 3.58. The van der Waals surface area contributed by atoms with Crippen LogP contribution >= 0.6 is 0 Å². The Hall–Kier alpha value is -2.30. The second-order valence-electron chi connectivity index (χ2n) is 4.49. The molecule has 1 aromatic heterocycles. The molecule has 0 aliphatic heterocycles. The van der Waals surface area contributed by atoms with Crippen LogP contribution in [0.15, 0.2) is 30.6 Å². The number of aromatic nitrogens is 2. The van der Waals surface area contributed by atoms with Crippen molar-refractivity contribution in [1.82, 2.24) is 9.97 Å². The summed E-state index contributed by atoms with van der Waals surface area (Å²) < 4.78 is 11.1. The molecule has 5 heteroatoms. The molecule has 100 valence electrons. The standard InChI is InChI=1S/C14H17N3O2/c1-9(2)18-13-7-16-8-14(17-13)19-12-5-4-11(15)6-10(12)3/h4-9H,15H2,1-3H3. The van der Waals surface area contributed by atoms with E-state index < -0.39 is 0 Å². The lowest BCUT2D eigenvalue weighted by atomic mass is 10.2. The maximum atomic E-state index is 5.70. The van der Waals surface area contributed by atoms with Crippen molar-refractivity contribution in [2.24, 2.45) is 0 Å². The molecule has 0 atom stereocenters. The molecule has 0 aliphatic carbocycles. The van der Waals surface area contributed by atoms with Gasteiger partial charge in [0.25, 0.3) is 0 Å². The fourth-order valence-corrected chi connectivity index (χ4v) is 1.58. The van der Waals surface area contributed by atoms with Crippen molar-refractivity contribution in [1.29, 1.82) is 0 Å². The Morgan fingerprint density at radius 3 is 2.58 bits per heavy atom. The van der Waals surface area contributed by atoms with E-state index in [0.717, 1.165) is 5.56 Å². The molecular weight excluding hydrogens is 242 g/mol. The van der Waals surface area contributed by atoms with Crippen LogP contribution < -0.4 is 15.2 Å². The molecule has 0 aliphatic rings. The highest BCUT2D eigenvalue weighted by atomic mass is 16.5. The fourth-order valence-electron chi connectivity index (χ4n) is 1.58. The third-order valence-electron chi connectivity index (χ3n) is 2.36. The number of aryl methyl sites for hydroxylation is 1. The van der Waals surface area contributed by atoms with E-state index in [-0.39, 0.29) is 6.10 Å². The highest BCUT2D eigenvalue weighted by Crippen LogP contribution is 2.25. The topological polar surface area (TPSA) is 70.3 Å². The van der Waals surface area contributed by atoms with E-state index in [4.69, 9.17) is 15.2 Å². The van der Waals surface area contributed by atoms with Gasteiger partial charge in [0.1, 0.15) is 5.75 Å². The first kappa shape index (κ1) is 13.1. The van der Waals surface area contributed by atoms with E-state index in [1.807, 2.05) is 32.9 Å². The predicted octanol–water partition coefficient (Wildman–Crippen LogP) is 2.95. The molecule has 0 unspecified atom stereocenters. The highest BCUT2D eigenvalue weighted by molar-refractivity contribution is 5.48. The summed E-state index contributed by atoms with van der Waals surface area (Å²) in [6.45, 7) is 5.78. The van der Waals surface area contributed by atoms with Crippen LogP contribution in [0.2, 0.25) is 0 Å². The molecule has 0 fully saturated rings. The van der Waals surface area contributed by atoms with E-state index in [0.29, 0.717) is 23.2 Å². The smallest absolute Gasteiger partial charge is 0.241 e. The van der Waals surface area contributed by atoms with Gasteiger partial charge in [-0.25, -0.2) is 0 Å². The molecule has 2 rings (SSSR count). The van der Waals surface area contributed by atoms with Gasteiger partial charge in [0.15, 0.2) is 0 Å². The van der Waals surface area contributed by atoms with Gasteiger partial charge in [-0.2, -0.15) is 4.98 Å². The van der Waals surface area contributed by atoms with E-state index in [1.54, 1.807) is 18.5 Å². The van der Waals surface area contributed by atoms with Gasteiger partial charge in [0.05, 0.1) is 18.5 Å². The second-order valence-corrected chi connectivity index (χ2v) is 4.49. The Balaban J connectivity index is 2.18. The molecule has 0 spiro atoms. The number of nitrogens with zero attached hydrogens (tertiary/aromatic N) is 2. The van der Waals surface area contributed by atoms with Crippen LogP contribution in [0, 0.1) is 6.92 Å². The van der Waals surface area contributed by atoms with Crippen molar-refractivity contribution in [3.8, 4) is 17.5 Å². The Kier molecular flexibility index (Phi) is 3.85. The van der Waals surface area contributed by atoms with E-state index in [2.05, 4.69) is 9.97 Å². The number of nitrogen functional groups attached to an aromatic ring is 1. The lowest BCUT2D eigenvalue weighted by molar-refractivity contribution is 0.229. The highest BCUT2D eigenvalue weighted by Gasteiger charge is 2.06. The number of rotatable bonds is 4. The zero-order valence-electron chi connectivity index (χ0n) is 11.3. The van der Waals surface area contributed by atoms with Gasteiger partial charge in [0.2, 0.25) is 11.8 Å². The maximum Gasteiger partial charge on any atom is 0.241 e. The van der Waals surface area contributed by atoms with E-state index >= 15 is 0 Å². The minimum atomic E-state index is 0.0443. The van der Waals surface area contributed by atoms with Gasteiger partial charge in [-0.05, 0) is 44.5 Å². The number of hydrogen-bond acceptors (Lipinski definition) is 5. The van der Waals surface area contributed by atoms with Crippen LogP contribution in [0.4, 0.5) is 5.69 Å². The number of hydrogen-bond donors (Lipinski definition) is 1. The SMILES string of the molecule is Cc1cc(N)ccc1Oc1cncc(OC(C)C)n1. The molecule has 5 nitrogen and oxygen atoms in total. The number of benzene rings is 1. The van der Waals surface area contributed by atoms with Gasteiger partial charge in [-0.1, -0.05) is 0 Å². The van der Waals surface area contributed by atoms with Crippen LogP contribution in [0.3, 0.4) is 0 Å². The molecule has 0 amide bonds. The van der Waals surface area contributed by atoms with Crippen molar-refractivity contribution >= 4 is 5.69 Å². The van der Waals surface area contributed by atoms with Crippen molar-refractivity contribution < 1.29 is 9.47 Å². The number of ether oxygens (including phenoxy) is 2. The molecule has 2 aromatic rings. The fraction of sp³-hybridized carbons (Fsp3) is 0.286. The second kappa shape index (κ2) is 5.56. The molecule has 1 heterocycles. The Labute approximate surface area is 112 Å². The minimum absolute atomic E-state index is 0.0443. The summed E-state index contributed by atoms with van der Waals surface area (Å²) in [4.78, 5) is 8.28. The molecule has 1 aromatic carbocycles. The van der Waals surface area contributed by atoms with Crippen LogP contribution in [-0.2, 0) is 0 Å². The predicted molar refractivity (Wildman–Crippen MR) is 73.5 cm³/mol. The van der Waals surface area contributed by atoms with Crippen LogP contribution in [0.5, 0.6) is 17.5 Å². The third-order valence-corrected chi connectivity index (χ3v) is 2.36. The monoisotopic (exact) mass is 259 g/mol. The minimum Gasteiger partial charge on any atom is -0.474 e. The molecule has 0 bridgehead atoms. The number of nitrogens with two attached hydrogens (primary N) is 1. The van der Waals surface area contributed by atoms with Crippen LogP contribution in [0.1, 0.15) is 19.4 Å². The van der Waals surface area contributed by atoms with E-state index in [9.17, 15) is 0 Å². The summed E-state index contributed by atoms with van der Waals surface area (Å²) in [5, 5.41) is 0. The molecular formula is C14H17N3O2. The molecule has 0 saturated carbocycles. The van der Waals surface area contributed by atoms with Crippen molar-refractivity contribution in [3.05, 3.63) is 36.2 Å². The van der Waals surface area contributed by atoms with Gasteiger partial charge in [-0.15, -0.1) is 0 Å². The van der Waals surface area contributed by atoms with Gasteiger partial charge >= 0.3 is 0 Å². The number of anilines is 1. The summed E-state index contributed by atoms with van der Waals surface area (Å²) in [6.07, 6.45) is 3.15. The first-order valence-corrected chi connectivity index (χ1v) is 6.07. The van der Waals surface area contributed by atoms with Gasteiger partial charge in [0, 0.05) is 5.69 Å². The summed E-state index contributed by atoms with van der Waals surface area (Å²) in [5.41, 5.74) is 7.34. The first-order chi connectivity index (χ1) is 9.04. The van der Waals surface area contributed by atoms with E-state index in [1.165, 1.54) is 0 Å². The molecule has 0 radical (unpaired) electrons. The largest absolute Gasteiger partial charge is 0.474 e. The van der Waals surface area contributed by atoms with Crippen molar-refractivity contribution in [2.45, 2.75) is 26.9 Å². The Morgan fingerprint density at radius 1 is 1.16 bits per heavy atom. The summed E-state index contributed by atoms with van der Waals surface area (Å²) >= 11 is 0. The van der Waals surface area contributed by atoms with Crippen LogP contribution in [0.25, 0.3) is 0 Å². The normalized spacial score (nSPS) is 10.5. The Morgan fingerprint density at radius 2 is 1.89 bits per heavy atom. The summed E-state index contributed by atoms with van der Waals surface area (Å²) in [7, 11) is 0. The molecule has 2 N–H and O–H groups in total. The van der Waals surface area contributed by atoms with Gasteiger partial charge < -0.3 is 15.2 Å². The zero-order valence-corrected chi connectivity index (χ0v) is 11.3. The maximum absolute atomic E-state index is 5.70.